The van der Waals surface area contributed by atoms with Crippen LogP contribution in [0, 0.1) is 0 Å². The maximum atomic E-state index is 13.8. The molecule has 41 heavy (non-hydrogen) atoms. The number of halogens is 3. The number of carbonyl (C=O) groups is 1. The molecule has 0 fully saturated rings. The summed E-state index contributed by atoms with van der Waals surface area (Å²) < 4.78 is 41.3. The number of allylic oxidation sites excluding steroid dienone is 1. The summed E-state index contributed by atoms with van der Waals surface area (Å²) in [6.07, 6.45) is -3.64. The van der Waals surface area contributed by atoms with Crippen LogP contribution in [0.4, 0.5) is 13.2 Å². The zero-order valence-corrected chi connectivity index (χ0v) is 22.5. The molecule has 0 aliphatic heterocycles. The SMILES string of the molecule is O=C(/C(=C/c1cc2ccccc2cc1CN(Cc1ccccc1)Cc1ccccc1)Cc1ccccc1)C(F)(F)F. The topological polar surface area (TPSA) is 20.3 Å². The third kappa shape index (κ3) is 7.59. The summed E-state index contributed by atoms with van der Waals surface area (Å²) in [7, 11) is 0. The molecule has 0 aromatic heterocycles. The third-order valence-corrected chi connectivity index (χ3v) is 7.02. The summed E-state index contributed by atoms with van der Waals surface area (Å²) in [5, 5.41) is 1.89. The van der Waals surface area contributed by atoms with Crippen LogP contribution in [0.15, 0.2) is 133 Å². The van der Waals surface area contributed by atoms with Gasteiger partial charge in [0.05, 0.1) is 0 Å². The number of benzene rings is 5. The molecular weight excluding hydrogens is 519 g/mol. The summed E-state index contributed by atoms with van der Waals surface area (Å²) in [5.41, 5.74) is 4.11. The maximum absolute atomic E-state index is 13.8. The molecule has 0 saturated carbocycles. The summed E-state index contributed by atoms with van der Waals surface area (Å²) in [4.78, 5) is 14.9. The van der Waals surface area contributed by atoms with Crippen LogP contribution in [0.1, 0.15) is 27.8 Å². The highest BCUT2D eigenvalue weighted by atomic mass is 19.4. The second-order valence-electron chi connectivity index (χ2n) is 10.2. The minimum Gasteiger partial charge on any atom is -0.291 e. The Morgan fingerprint density at radius 3 is 1.59 bits per heavy atom. The molecule has 5 aromatic rings. The molecule has 0 atom stereocenters. The van der Waals surface area contributed by atoms with E-state index in [2.05, 4.69) is 29.2 Å². The Hall–Kier alpha value is -4.48. The van der Waals surface area contributed by atoms with Gasteiger partial charge in [0.15, 0.2) is 0 Å². The molecule has 0 aliphatic rings. The number of carbonyl (C=O) groups excluding carboxylic acids is 1. The lowest BCUT2D eigenvalue weighted by atomic mass is 9.94. The fourth-order valence-corrected chi connectivity index (χ4v) is 5.05. The molecule has 0 aliphatic carbocycles. The number of ketones is 1. The van der Waals surface area contributed by atoms with Gasteiger partial charge in [-0.25, -0.2) is 0 Å². The van der Waals surface area contributed by atoms with Gasteiger partial charge in [-0.05, 0) is 56.8 Å². The van der Waals surface area contributed by atoms with Crippen LogP contribution < -0.4 is 0 Å². The maximum Gasteiger partial charge on any atom is 0.454 e. The first kappa shape index (κ1) is 28.1. The minimum absolute atomic E-state index is 0.108. The van der Waals surface area contributed by atoms with Gasteiger partial charge in [0.2, 0.25) is 0 Å². The highest BCUT2D eigenvalue weighted by Gasteiger charge is 2.40. The van der Waals surface area contributed by atoms with E-state index >= 15 is 0 Å². The Balaban J connectivity index is 1.59. The van der Waals surface area contributed by atoms with Crippen molar-refractivity contribution in [2.45, 2.75) is 32.2 Å². The van der Waals surface area contributed by atoms with E-state index in [1.54, 1.807) is 30.3 Å². The number of hydrogen-bond donors (Lipinski definition) is 0. The van der Waals surface area contributed by atoms with Crippen molar-refractivity contribution < 1.29 is 18.0 Å². The number of hydrogen-bond acceptors (Lipinski definition) is 2. The number of fused-ring (bicyclic) bond motifs is 1. The van der Waals surface area contributed by atoms with Crippen molar-refractivity contribution in [1.82, 2.24) is 4.90 Å². The molecule has 0 bridgehead atoms. The summed E-state index contributed by atoms with van der Waals surface area (Å²) in [5.74, 6) is -1.81. The minimum atomic E-state index is -4.97. The zero-order chi connectivity index (χ0) is 28.7. The molecule has 0 saturated heterocycles. The van der Waals surface area contributed by atoms with Crippen molar-refractivity contribution in [2.75, 3.05) is 0 Å². The van der Waals surface area contributed by atoms with E-state index in [1.165, 1.54) is 6.08 Å². The van der Waals surface area contributed by atoms with E-state index < -0.39 is 12.0 Å². The monoisotopic (exact) mass is 549 g/mol. The first-order chi connectivity index (χ1) is 19.8. The third-order valence-electron chi connectivity index (χ3n) is 7.02. The first-order valence-corrected chi connectivity index (χ1v) is 13.5. The first-order valence-electron chi connectivity index (χ1n) is 13.5. The molecule has 5 aromatic carbocycles. The lowest BCUT2D eigenvalue weighted by Crippen LogP contribution is -2.25. The average Bonchev–Trinajstić information content (AvgIpc) is 2.98. The molecule has 0 unspecified atom stereocenters. The van der Waals surface area contributed by atoms with Crippen molar-refractivity contribution in [3.8, 4) is 0 Å². The molecule has 0 radical (unpaired) electrons. The van der Waals surface area contributed by atoms with Gasteiger partial charge in [-0.2, -0.15) is 13.2 Å². The van der Waals surface area contributed by atoms with Gasteiger partial charge in [-0.1, -0.05) is 115 Å². The Bertz CT molecular complexity index is 1590. The normalized spacial score (nSPS) is 12.1. The van der Waals surface area contributed by atoms with Gasteiger partial charge in [-0.3, -0.25) is 9.69 Å². The Morgan fingerprint density at radius 1 is 0.610 bits per heavy atom. The van der Waals surface area contributed by atoms with Crippen LogP contribution in [-0.4, -0.2) is 16.9 Å². The van der Waals surface area contributed by atoms with Crippen molar-refractivity contribution in [3.05, 3.63) is 161 Å². The van der Waals surface area contributed by atoms with E-state index in [-0.39, 0.29) is 12.0 Å². The molecule has 0 N–H and O–H groups in total. The lowest BCUT2D eigenvalue weighted by Gasteiger charge is -2.24. The summed E-state index contributed by atoms with van der Waals surface area (Å²) in [6, 6.07) is 40.7. The van der Waals surface area contributed by atoms with Crippen molar-refractivity contribution in [2.24, 2.45) is 0 Å². The highest BCUT2D eigenvalue weighted by molar-refractivity contribution is 6.04. The summed E-state index contributed by atoms with van der Waals surface area (Å²) >= 11 is 0. The molecule has 0 spiro atoms. The van der Waals surface area contributed by atoms with E-state index in [1.807, 2.05) is 72.8 Å². The lowest BCUT2D eigenvalue weighted by molar-refractivity contribution is -0.166. The largest absolute Gasteiger partial charge is 0.454 e. The number of Topliss-reactive ketones (excluding diaryl/α,β-unsaturated/α-hetero) is 1. The predicted molar refractivity (Wildman–Crippen MR) is 159 cm³/mol. The fraction of sp³-hybridized carbons (Fsp3) is 0.139. The van der Waals surface area contributed by atoms with E-state index in [9.17, 15) is 18.0 Å². The van der Waals surface area contributed by atoms with Gasteiger partial charge in [0.25, 0.3) is 5.78 Å². The highest BCUT2D eigenvalue weighted by Crippen LogP contribution is 2.29. The average molecular weight is 550 g/mol. The molecule has 5 heteroatoms. The van der Waals surface area contributed by atoms with Crippen molar-refractivity contribution >= 4 is 22.6 Å². The van der Waals surface area contributed by atoms with Crippen LogP contribution in [0.2, 0.25) is 0 Å². The van der Waals surface area contributed by atoms with Crippen LogP contribution in [0.25, 0.3) is 16.8 Å². The van der Waals surface area contributed by atoms with Crippen molar-refractivity contribution in [3.63, 3.8) is 0 Å². The Labute approximate surface area is 238 Å². The smallest absolute Gasteiger partial charge is 0.291 e. The van der Waals surface area contributed by atoms with Gasteiger partial charge in [0, 0.05) is 31.6 Å². The van der Waals surface area contributed by atoms with Gasteiger partial charge < -0.3 is 0 Å². The van der Waals surface area contributed by atoms with Crippen LogP contribution in [0.3, 0.4) is 0 Å². The Kier molecular flexibility index (Phi) is 8.76. The second-order valence-corrected chi connectivity index (χ2v) is 10.2. The predicted octanol–water partition coefficient (Wildman–Crippen LogP) is 8.80. The van der Waals surface area contributed by atoms with Crippen LogP contribution >= 0.6 is 0 Å². The molecule has 2 nitrogen and oxygen atoms in total. The molecular formula is C36H30F3NO. The van der Waals surface area contributed by atoms with Crippen molar-refractivity contribution in [1.29, 1.82) is 0 Å². The van der Waals surface area contributed by atoms with E-state index in [4.69, 9.17) is 0 Å². The molecule has 5 rings (SSSR count). The van der Waals surface area contributed by atoms with E-state index in [0.717, 1.165) is 27.5 Å². The standard InChI is InChI=1S/C36H30F3NO/c37-36(38,39)35(41)33(20-27-12-4-1-5-13-27)23-32-21-30-18-10-11-19-31(30)22-34(32)26-40(24-28-14-6-2-7-15-28)25-29-16-8-3-9-17-29/h1-19,21-23H,20,24-26H2/b33-23+. The number of rotatable bonds is 10. The fourth-order valence-electron chi connectivity index (χ4n) is 5.05. The van der Waals surface area contributed by atoms with Gasteiger partial charge in [-0.15, -0.1) is 0 Å². The van der Waals surface area contributed by atoms with Crippen LogP contribution in [0.5, 0.6) is 0 Å². The second kappa shape index (κ2) is 12.8. The number of nitrogens with zero attached hydrogens (tertiary/aromatic N) is 1. The summed E-state index contributed by atoms with van der Waals surface area (Å²) in [6.45, 7) is 1.80. The molecule has 0 amide bonds. The Morgan fingerprint density at radius 2 is 1.07 bits per heavy atom. The molecule has 206 valence electrons. The zero-order valence-electron chi connectivity index (χ0n) is 22.5. The van der Waals surface area contributed by atoms with Gasteiger partial charge in [0.1, 0.15) is 0 Å². The number of alkyl halides is 3. The quantitative estimate of drug-likeness (QED) is 0.162. The van der Waals surface area contributed by atoms with Gasteiger partial charge >= 0.3 is 6.18 Å². The van der Waals surface area contributed by atoms with Crippen LogP contribution in [-0.2, 0) is 30.8 Å². The van der Waals surface area contributed by atoms with E-state index in [0.29, 0.717) is 30.8 Å². The molecule has 0 heterocycles.